The molecular formula is C11H21NO. The van der Waals surface area contributed by atoms with Crippen LogP contribution >= 0.6 is 0 Å². The molecule has 2 saturated heterocycles. The van der Waals surface area contributed by atoms with Crippen molar-refractivity contribution in [2.75, 3.05) is 13.2 Å². The van der Waals surface area contributed by atoms with E-state index in [1.807, 2.05) is 0 Å². The molecule has 2 heterocycles. The van der Waals surface area contributed by atoms with Crippen LogP contribution in [0.3, 0.4) is 0 Å². The first-order chi connectivity index (χ1) is 6.16. The van der Waals surface area contributed by atoms with Crippen LogP contribution in [-0.2, 0) is 4.74 Å². The van der Waals surface area contributed by atoms with Crippen molar-refractivity contribution in [1.82, 2.24) is 5.32 Å². The highest BCUT2D eigenvalue weighted by molar-refractivity contribution is 4.90. The highest BCUT2D eigenvalue weighted by atomic mass is 16.5. The molecular weight excluding hydrogens is 162 g/mol. The molecule has 0 bridgehead atoms. The maximum Gasteiger partial charge on any atom is 0.0579 e. The first-order valence-corrected chi connectivity index (χ1v) is 5.52. The van der Waals surface area contributed by atoms with E-state index in [4.69, 9.17) is 4.74 Å². The summed E-state index contributed by atoms with van der Waals surface area (Å²) in [7, 11) is 0. The highest BCUT2D eigenvalue weighted by Gasteiger charge is 2.32. The molecule has 0 aromatic heterocycles. The van der Waals surface area contributed by atoms with Gasteiger partial charge in [0.05, 0.1) is 6.10 Å². The molecule has 2 aliphatic heterocycles. The Morgan fingerprint density at radius 1 is 1.46 bits per heavy atom. The molecule has 0 saturated carbocycles. The SMILES string of the molecule is CC1(C)CC(CC2CCCO2)CN1. The van der Waals surface area contributed by atoms with Crippen molar-refractivity contribution in [3.63, 3.8) is 0 Å². The normalized spacial score (nSPS) is 38.3. The molecule has 13 heavy (non-hydrogen) atoms. The third-order valence-corrected chi connectivity index (χ3v) is 3.29. The van der Waals surface area contributed by atoms with E-state index in [-0.39, 0.29) is 0 Å². The number of rotatable bonds is 2. The lowest BCUT2D eigenvalue weighted by molar-refractivity contribution is 0.0912. The van der Waals surface area contributed by atoms with E-state index in [1.165, 1.54) is 32.2 Å². The topological polar surface area (TPSA) is 21.3 Å². The average molecular weight is 183 g/mol. The van der Waals surface area contributed by atoms with Crippen LogP contribution in [0.4, 0.5) is 0 Å². The van der Waals surface area contributed by atoms with E-state index >= 15 is 0 Å². The molecule has 1 N–H and O–H groups in total. The number of hydrogen-bond donors (Lipinski definition) is 1. The van der Waals surface area contributed by atoms with Gasteiger partial charge in [0, 0.05) is 12.1 Å². The summed E-state index contributed by atoms with van der Waals surface area (Å²) in [5.41, 5.74) is 0.364. The highest BCUT2D eigenvalue weighted by Crippen LogP contribution is 2.29. The standard InChI is InChI=1S/C11H21NO/c1-11(2)7-9(8-12-11)6-10-4-3-5-13-10/h9-10,12H,3-8H2,1-2H3. The molecule has 0 radical (unpaired) electrons. The van der Waals surface area contributed by atoms with Gasteiger partial charge in [-0.15, -0.1) is 0 Å². The minimum atomic E-state index is 0.364. The Kier molecular flexibility index (Phi) is 2.61. The van der Waals surface area contributed by atoms with E-state index in [1.54, 1.807) is 0 Å². The summed E-state index contributed by atoms with van der Waals surface area (Å²) in [6.45, 7) is 6.77. The fraction of sp³-hybridized carbons (Fsp3) is 1.00. The number of hydrogen-bond acceptors (Lipinski definition) is 2. The minimum Gasteiger partial charge on any atom is -0.378 e. The van der Waals surface area contributed by atoms with Crippen molar-refractivity contribution in [2.24, 2.45) is 5.92 Å². The second-order valence-corrected chi connectivity index (χ2v) is 5.21. The summed E-state index contributed by atoms with van der Waals surface area (Å²) in [6.07, 6.45) is 5.72. The van der Waals surface area contributed by atoms with Crippen LogP contribution < -0.4 is 5.32 Å². The largest absolute Gasteiger partial charge is 0.378 e. The first-order valence-electron chi connectivity index (χ1n) is 5.52. The second kappa shape index (κ2) is 3.58. The Hall–Kier alpha value is -0.0800. The van der Waals surface area contributed by atoms with E-state index in [2.05, 4.69) is 19.2 Å². The van der Waals surface area contributed by atoms with Gasteiger partial charge in [0.1, 0.15) is 0 Å². The van der Waals surface area contributed by atoms with Gasteiger partial charge in [-0.25, -0.2) is 0 Å². The predicted octanol–water partition coefficient (Wildman–Crippen LogP) is 1.94. The zero-order valence-corrected chi connectivity index (χ0v) is 8.81. The van der Waals surface area contributed by atoms with Crippen LogP contribution in [0.25, 0.3) is 0 Å². The fourth-order valence-corrected chi connectivity index (χ4v) is 2.66. The molecule has 0 amide bonds. The molecule has 0 aliphatic carbocycles. The third kappa shape index (κ3) is 2.44. The molecule has 2 fully saturated rings. The smallest absolute Gasteiger partial charge is 0.0579 e. The Balaban J connectivity index is 1.77. The summed E-state index contributed by atoms with van der Waals surface area (Å²) in [5, 5.41) is 3.56. The van der Waals surface area contributed by atoms with Crippen molar-refractivity contribution in [3.05, 3.63) is 0 Å². The lowest BCUT2D eigenvalue weighted by atomic mass is 9.92. The quantitative estimate of drug-likeness (QED) is 0.706. The zero-order chi connectivity index (χ0) is 9.31. The monoisotopic (exact) mass is 183 g/mol. The van der Waals surface area contributed by atoms with Crippen LogP contribution in [-0.4, -0.2) is 24.8 Å². The Bertz CT molecular complexity index is 173. The first kappa shape index (κ1) is 9.47. The van der Waals surface area contributed by atoms with E-state index in [0.29, 0.717) is 11.6 Å². The van der Waals surface area contributed by atoms with Crippen molar-refractivity contribution in [1.29, 1.82) is 0 Å². The van der Waals surface area contributed by atoms with Gasteiger partial charge in [-0.3, -0.25) is 0 Å². The summed E-state index contributed by atoms with van der Waals surface area (Å²) in [4.78, 5) is 0. The molecule has 76 valence electrons. The molecule has 2 aliphatic rings. The van der Waals surface area contributed by atoms with Crippen LogP contribution in [0.15, 0.2) is 0 Å². The Morgan fingerprint density at radius 3 is 2.85 bits per heavy atom. The maximum atomic E-state index is 5.66. The van der Waals surface area contributed by atoms with Gasteiger partial charge in [0.25, 0.3) is 0 Å². The van der Waals surface area contributed by atoms with Gasteiger partial charge in [0.2, 0.25) is 0 Å². The van der Waals surface area contributed by atoms with Crippen molar-refractivity contribution >= 4 is 0 Å². The zero-order valence-electron chi connectivity index (χ0n) is 8.81. The minimum absolute atomic E-state index is 0.364. The fourth-order valence-electron chi connectivity index (χ4n) is 2.66. The molecule has 2 heteroatoms. The summed E-state index contributed by atoms with van der Waals surface area (Å²) in [5.74, 6) is 0.845. The van der Waals surface area contributed by atoms with Crippen LogP contribution in [0.1, 0.15) is 39.5 Å². The molecule has 0 aromatic rings. The third-order valence-electron chi connectivity index (χ3n) is 3.29. The van der Waals surface area contributed by atoms with Crippen LogP contribution in [0, 0.1) is 5.92 Å². The molecule has 2 atom stereocenters. The van der Waals surface area contributed by atoms with Crippen molar-refractivity contribution in [2.45, 2.75) is 51.2 Å². The van der Waals surface area contributed by atoms with E-state index in [0.717, 1.165) is 12.5 Å². The molecule has 2 unspecified atom stereocenters. The van der Waals surface area contributed by atoms with E-state index < -0.39 is 0 Å². The van der Waals surface area contributed by atoms with Gasteiger partial charge in [-0.05, 0) is 52.0 Å². The van der Waals surface area contributed by atoms with Gasteiger partial charge >= 0.3 is 0 Å². The Morgan fingerprint density at radius 2 is 2.31 bits per heavy atom. The summed E-state index contributed by atoms with van der Waals surface area (Å²) >= 11 is 0. The predicted molar refractivity (Wildman–Crippen MR) is 53.8 cm³/mol. The molecule has 2 nitrogen and oxygen atoms in total. The van der Waals surface area contributed by atoms with Crippen LogP contribution in [0.2, 0.25) is 0 Å². The number of ether oxygens (including phenoxy) is 1. The second-order valence-electron chi connectivity index (χ2n) is 5.21. The average Bonchev–Trinajstić information content (AvgIpc) is 2.61. The van der Waals surface area contributed by atoms with Crippen molar-refractivity contribution < 1.29 is 4.74 Å². The summed E-state index contributed by atoms with van der Waals surface area (Å²) < 4.78 is 5.66. The lowest BCUT2D eigenvalue weighted by Gasteiger charge is -2.18. The van der Waals surface area contributed by atoms with Gasteiger partial charge in [-0.1, -0.05) is 0 Å². The van der Waals surface area contributed by atoms with Gasteiger partial charge in [0.15, 0.2) is 0 Å². The van der Waals surface area contributed by atoms with E-state index in [9.17, 15) is 0 Å². The maximum absolute atomic E-state index is 5.66. The number of nitrogens with one attached hydrogen (secondary N) is 1. The van der Waals surface area contributed by atoms with Gasteiger partial charge in [-0.2, -0.15) is 0 Å². The van der Waals surface area contributed by atoms with Gasteiger partial charge < -0.3 is 10.1 Å². The van der Waals surface area contributed by atoms with Crippen LogP contribution in [0.5, 0.6) is 0 Å². The molecule has 0 aromatic carbocycles. The Labute approximate surface area is 81.0 Å². The lowest BCUT2D eigenvalue weighted by Crippen LogP contribution is -2.31. The molecule has 2 rings (SSSR count). The van der Waals surface area contributed by atoms with Crippen molar-refractivity contribution in [3.8, 4) is 0 Å². The summed E-state index contributed by atoms with van der Waals surface area (Å²) in [6, 6.07) is 0. The molecule has 0 spiro atoms.